The second-order valence-corrected chi connectivity index (χ2v) is 5.15. The fourth-order valence-electron chi connectivity index (χ4n) is 2.08. The first kappa shape index (κ1) is 17.0. The molecule has 0 aromatic heterocycles. The van der Waals surface area contributed by atoms with Crippen LogP contribution in [0.15, 0.2) is 48.5 Å². The van der Waals surface area contributed by atoms with Crippen molar-refractivity contribution in [3.8, 4) is 0 Å². The van der Waals surface area contributed by atoms with Crippen LogP contribution < -0.4 is 0 Å². The van der Waals surface area contributed by atoms with E-state index in [9.17, 15) is 9.59 Å². The third-order valence-corrected chi connectivity index (χ3v) is 3.57. The number of benzene rings is 2. The molecule has 120 valence electrons. The van der Waals surface area contributed by atoms with Crippen LogP contribution in [0, 0.1) is 0 Å². The molecule has 0 amide bonds. The highest BCUT2D eigenvalue weighted by molar-refractivity contribution is 6.31. The Labute approximate surface area is 140 Å². The van der Waals surface area contributed by atoms with Crippen LogP contribution in [0.25, 0.3) is 0 Å². The number of ether oxygens (including phenoxy) is 2. The fraction of sp³-hybridized carbons (Fsp3) is 0.222. The predicted molar refractivity (Wildman–Crippen MR) is 87.8 cm³/mol. The average molecular weight is 333 g/mol. The van der Waals surface area contributed by atoms with Crippen molar-refractivity contribution in [2.75, 3.05) is 13.2 Å². The SMILES string of the molecule is CCOC(=O)c1ccccc1C(=O)OCCc1ccccc1Cl. The minimum absolute atomic E-state index is 0.180. The van der Waals surface area contributed by atoms with Gasteiger partial charge in [-0.3, -0.25) is 0 Å². The Hall–Kier alpha value is -2.33. The van der Waals surface area contributed by atoms with Gasteiger partial charge in [-0.2, -0.15) is 0 Å². The van der Waals surface area contributed by atoms with Gasteiger partial charge < -0.3 is 9.47 Å². The van der Waals surface area contributed by atoms with Crippen LogP contribution in [-0.4, -0.2) is 25.2 Å². The number of hydrogen-bond donors (Lipinski definition) is 0. The summed E-state index contributed by atoms with van der Waals surface area (Å²) in [4.78, 5) is 24.0. The summed E-state index contributed by atoms with van der Waals surface area (Å²) in [6.07, 6.45) is 0.507. The van der Waals surface area contributed by atoms with Crippen LogP contribution in [0.4, 0.5) is 0 Å². The van der Waals surface area contributed by atoms with E-state index in [1.54, 1.807) is 37.3 Å². The summed E-state index contributed by atoms with van der Waals surface area (Å²) in [7, 11) is 0. The van der Waals surface area contributed by atoms with Crippen molar-refractivity contribution in [3.63, 3.8) is 0 Å². The van der Waals surface area contributed by atoms with Crippen LogP contribution in [0.3, 0.4) is 0 Å². The van der Waals surface area contributed by atoms with Crippen molar-refractivity contribution < 1.29 is 19.1 Å². The van der Waals surface area contributed by atoms with Crippen LogP contribution in [0.5, 0.6) is 0 Å². The number of rotatable bonds is 6. The van der Waals surface area contributed by atoms with E-state index in [0.29, 0.717) is 11.4 Å². The van der Waals surface area contributed by atoms with E-state index >= 15 is 0 Å². The molecule has 0 radical (unpaired) electrons. The lowest BCUT2D eigenvalue weighted by Gasteiger charge is -2.09. The number of halogens is 1. The molecular formula is C18H17ClO4. The highest BCUT2D eigenvalue weighted by Crippen LogP contribution is 2.16. The molecule has 5 heteroatoms. The summed E-state index contributed by atoms with van der Waals surface area (Å²) in [5.74, 6) is -1.09. The molecule has 23 heavy (non-hydrogen) atoms. The Morgan fingerprint density at radius 1 is 0.913 bits per heavy atom. The highest BCUT2D eigenvalue weighted by atomic mass is 35.5. The molecule has 0 fully saturated rings. The minimum atomic E-state index is -0.555. The molecule has 0 atom stereocenters. The lowest BCUT2D eigenvalue weighted by atomic mass is 10.1. The Kier molecular flexibility index (Phi) is 6.18. The van der Waals surface area contributed by atoms with Crippen LogP contribution >= 0.6 is 11.6 Å². The summed E-state index contributed by atoms with van der Waals surface area (Å²) in [5.41, 5.74) is 1.31. The van der Waals surface area contributed by atoms with E-state index in [4.69, 9.17) is 21.1 Å². The van der Waals surface area contributed by atoms with Gasteiger partial charge in [-0.05, 0) is 30.7 Å². The van der Waals surface area contributed by atoms with Crippen molar-refractivity contribution in [1.82, 2.24) is 0 Å². The monoisotopic (exact) mass is 332 g/mol. The first-order valence-electron chi connectivity index (χ1n) is 7.30. The van der Waals surface area contributed by atoms with Gasteiger partial charge >= 0.3 is 11.9 Å². The van der Waals surface area contributed by atoms with Gasteiger partial charge in [-0.1, -0.05) is 41.9 Å². The largest absolute Gasteiger partial charge is 0.462 e. The van der Waals surface area contributed by atoms with Crippen molar-refractivity contribution in [2.45, 2.75) is 13.3 Å². The Morgan fingerprint density at radius 2 is 1.48 bits per heavy atom. The van der Waals surface area contributed by atoms with Gasteiger partial charge in [0.2, 0.25) is 0 Å². The Morgan fingerprint density at radius 3 is 2.09 bits per heavy atom. The highest BCUT2D eigenvalue weighted by Gasteiger charge is 2.18. The van der Waals surface area contributed by atoms with Gasteiger partial charge in [0.25, 0.3) is 0 Å². The molecule has 0 heterocycles. The zero-order chi connectivity index (χ0) is 16.7. The Balaban J connectivity index is 2.01. The van der Waals surface area contributed by atoms with Crippen molar-refractivity contribution >= 4 is 23.5 Å². The molecule has 0 aliphatic carbocycles. The normalized spacial score (nSPS) is 10.2. The standard InChI is InChI=1S/C18H17ClO4/c1-2-22-17(20)14-8-4-5-9-15(14)18(21)23-12-11-13-7-3-6-10-16(13)19/h3-10H,2,11-12H2,1H3. The second kappa shape index (κ2) is 8.34. The van der Waals surface area contributed by atoms with Crippen molar-refractivity contribution in [1.29, 1.82) is 0 Å². The van der Waals surface area contributed by atoms with E-state index in [-0.39, 0.29) is 24.3 Å². The minimum Gasteiger partial charge on any atom is -0.462 e. The molecule has 0 saturated heterocycles. The first-order chi connectivity index (χ1) is 11.1. The van der Waals surface area contributed by atoms with E-state index in [1.165, 1.54) is 0 Å². The molecule has 0 bridgehead atoms. The molecule has 2 aromatic rings. The van der Waals surface area contributed by atoms with Crippen molar-refractivity contribution in [3.05, 3.63) is 70.2 Å². The summed E-state index contributed by atoms with van der Waals surface area (Å²) in [6, 6.07) is 13.8. The van der Waals surface area contributed by atoms with Gasteiger partial charge in [0, 0.05) is 11.4 Å². The lowest BCUT2D eigenvalue weighted by molar-refractivity contribution is 0.0469. The van der Waals surface area contributed by atoms with Gasteiger partial charge in [0.1, 0.15) is 0 Å². The van der Waals surface area contributed by atoms with Crippen LogP contribution in [0.2, 0.25) is 5.02 Å². The topological polar surface area (TPSA) is 52.6 Å². The number of esters is 2. The molecule has 0 aliphatic rings. The summed E-state index contributed by atoms with van der Waals surface area (Å²) in [5, 5.41) is 0.635. The maximum Gasteiger partial charge on any atom is 0.339 e. The number of carbonyl (C=O) groups is 2. The average Bonchev–Trinajstić information content (AvgIpc) is 2.56. The molecule has 2 rings (SSSR count). The van der Waals surface area contributed by atoms with Gasteiger partial charge in [-0.25, -0.2) is 9.59 Å². The van der Waals surface area contributed by atoms with Gasteiger partial charge in [0.05, 0.1) is 24.3 Å². The number of carbonyl (C=O) groups excluding carboxylic acids is 2. The van der Waals surface area contributed by atoms with E-state index in [1.807, 2.05) is 18.2 Å². The Bertz CT molecular complexity index is 697. The molecule has 4 nitrogen and oxygen atoms in total. The third kappa shape index (κ3) is 4.57. The molecule has 0 spiro atoms. The van der Waals surface area contributed by atoms with E-state index in [2.05, 4.69) is 0 Å². The molecular weight excluding hydrogens is 316 g/mol. The predicted octanol–water partition coefficient (Wildman–Crippen LogP) is 3.92. The van der Waals surface area contributed by atoms with Crippen LogP contribution in [-0.2, 0) is 15.9 Å². The van der Waals surface area contributed by atoms with E-state index < -0.39 is 11.9 Å². The smallest absolute Gasteiger partial charge is 0.339 e. The second-order valence-electron chi connectivity index (χ2n) is 4.74. The molecule has 0 aliphatic heterocycles. The fourth-order valence-corrected chi connectivity index (χ4v) is 2.31. The molecule has 0 unspecified atom stereocenters. The van der Waals surface area contributed by atoms with Gasteiger partial charge in [0.15, 0.2) is 0 Å². The summed E-state index contributed by atoms with van der Waals surface area (Å²) in [6.45, 7) is 2.14. The van der Waals surface area contributed by atoms with Crippen molar-refractivity contribution in [2.24, 2.45) is 0 Å². The van der Waals surface area contributed by atoms with Gasteiger partial charge in [-0.15, -0.1) is 0 Å². The zero-order valence-electron chi connectivity index (χ0n) is 12.8. The maximum atomic E-state index is 12.2. The van der Waals surface area contributed by atoms with Crippen LogP contribution in [0.1, 0.15) is 33.2 Å². The molecule has 0 saturated carbocycles. The number of hydrogen-bond acceptors (Lipinski definition) is 4. The molecule has 2 aromatic carbocycles. The summed E-state index contributed by atoms with van der Waals surface area (Å²) < 4.78 is 10.2. The van der Waals surface area contributed by atoms with E-state index in [0.717, 1.165) is 5.56 Å². The third-order valence-electron chi connectivity index (χ3n) is 3.20. The quantitative estimate of drug-likeness (QED) is 0.752. The first-order valence-corrected chi connectivity index (χ1v) is 7.68. The maximum absolute atomic E-state index is 12.2. The lowest BCUT2D eigenvalue weighted by Crippen LogP contribution is -2.15. The summed E-state index contributed by atoms with van der Waals surface area (Å²) >= 11 is 6.06. The zero-order valence-corrected chi connectivity index (χ0v) is 13.5. The molecule has 0 N–H and O–H groups in total.